The molecule has 1 saturated heterocycles. The number of aryl methyl sites for hydroxylation is 1. The summed E-state index contributed by atoms with van der Waals surface area (Å²) in [5.74, 6) is -0.318. The van der Waals surface area contributed by atoms with Gasteiger partial charge < -0.3 is 10.6 Å². The Bertz CT molecular complexity index is 482. The standard InChI is InChI=1S/C11H13ClN4O2/c1-6-2-7(3-15-10(6)12)16-11(18)8-4-14-9(17)5-13-8/h2-3,8,13H,4-5H2,1H3,(H,14,17)(H,16,18). The molecule has 0 radical (unpaired) electrons. The van der Waals surface area contributed by atoms with Crippen molar-refractivity contribution < 1.29 is 9.59 Å². The number of aromatic nitrogens is 1. The van der Waals surface area contributed by atoms with Gasteiger partial charge in [-0.15, -0.1) is 0 Å². The van der Waals surface area contributed by atoms with E-state index in [-0.39, 0.29) is 24.9 Å². The first-order valence-electron chi connectivity index (χ1n) is 5.49. The summed E-state index contributed by atoms with van der Waals surface area (Å²) in [6.45, 7) is 2.24. The molecule has 96 valence electrons. The first-order valence-corrected chi connectivity index (χ1v) is 5.87. The van der Waals surface area contributed by atoms with Gasteiger partial charge in [0.25, 0.3) is 0 Å². The van der Waals surface area contributed by atoms with Crippen LogP contribution in [-0.2, 0) is 9.59 Å². The molecular formula is C11H13ClN4O2. The molecule has 7 heteroatoms. The molecule has 1 aromatic heterocycles. The minimum Gasteiger partial charge on any atom is -0.353 e. The third kappa shape index (κ3) is 2.96. The van der Waals surface area contributed by atoms with E-state index in [1.54, 1.807) is 6.07 Å². The highest BCUT2D eigenvalue weighted by Crippen LogP contribution is 2.16. The topological polar surface area (TPSA) is 83.1 Å². The number of rotatable bonds is 2. The second-order valence-corrected chi connectivity index (χ2v) is 4.42. The van der Waals surface area contributed by atoms with Crippen LogP contribution in [-0.4, -0.2) is 35.9 Å². The van der Waals surface area contributed by atoms with Crippen LogP contribution in [0.1, 0.15) is 5.56 Å². The highest BCUT2D eigenvalue weighted by Gasteiger charge is 2.23. The van der Waals surface area contributed by atoms with Gasteiger partial charge in [0.05, 0.1) is 18.4 Å². The van der Waals surface area contributed by atoms with E-state index < -0.39 is 6.04 Å². The molecule has 2 rings (SSSR count). The predicted molar refractivity (Wildman–Crippen MR) is 67.4 cm³/mol. The van der Waals surface area contributed by atoms with Crippen LogP contribution in [0.15, 0.2) is 12.3 Å². The van der Waals surface area contributed by atoms with E-state index in [0.29, 0.717) is 10.8 Å². The molecule has 1 aromatic rings. The normalized spacial score (nSPS) is 19.2. The van der Waals surface area contributed by atoms with Crippen LogP contribution < -0.4 is 16.0 Å². The van der Waals surface area contributed by atoms with Crippen molar-refractivity contribution in [3.05, 3.63) is 23.0 Å². The monoisotopic (exact) mass is 268 g/mol. The van der Waals surface area contributed by atoms with Gasteiger partial charge in [-0.05, 0) is 18.6 Å². The third-order valence-electron chi connectivity index (χ3n) is 2.61. The van der Waals surface area contributed by atoms with Gasteiger partial charge in [0.1, 0.15) is 11.2 Å². The Hall–Kier alpha value is -1.66. The van der Waals surface area contributed by atoms with Crippen molar-refractivity contribution in [2.75, 3.05) is 18.4 Å². The van der Waals surface area contributed by atoms with Crippen LogP contribution in [0.2, 0.25) is 5.15 Å². The van der Waals surface area contributed by atoms with E-state index in [1.165, 1.54) is 6.20 Å². The van der Waals surface area contributed by atoms with Crippen LogP contribution in [0.25, 0.3) is 0 Å². The molecule has 1 aliphatic heterocycles. The molecule has 3 N–H and O–H groups in total. The third-order valence-corrected chi connectivity index (χ3v) is 3.01. The summed E-state index contributed by atoms with van der Waals surface area (Å²) in [4.78, 5) is 26.8. The lowest BCUT2D eigenvalue weighted by atomic mass is 10.2. The van der Waals surface area contributed by atoms with Crippen molar-refractivity contribution in [2.24, 2.45) is 0 Å². The highest BCUT2D eigenvalue weighted by molar-refractivity contribution is 6.30. The van der Waals surface area contributed by atoms with E-state index in [4.69, 9.17) is 11.6 Å². The van der Waals surface area contributed by atoms with Crippen LogP contribution >= 0.6 is 11.6 Å². The summed E-state index contributed by atoms with van der Waals surface area (Å²) >= 11 is 5.80. The number of anilines is 1. The van der Waals surface area contributed by atoms with E-state index in [0.717, 1.165) is 5.56 Å². The summed E-state index contributed by atoms with van der Waals surface area (Å²) < 4.78 is 0. The van der Waals surface area contributed by atoms with Crippen LogP contribution in [0, 0.1) is 6.92 Å². The van der Waals surface area contributed by atoms with Crippen LogP contribution in [0.3, 0.4) is 0 Å². The largest absolute Gasteiger partial charge is 0.353 e. The first kappa shape index (κ1) is 12.8. The minimum absolute atomic E-state index is 0.108. The van der Waals surface area contributed by atoms with E-state index >= 15 is 0 Å². The SMILES string of the molecule is Cc1cc(NC(=O)C2CNC(=O)CN2)cnc1Cl. The number of nitrogens with one attached hydrogen (secondary N) is 3. The number of hydrogen-bond donors (Lipinski definition) is 3. The molecule has 2 heterocycles. The Morgan fingerprint density at radius 2 is 2.39 bits per heavy atom. The Kier molecular flexibility index (Phi) is 3.78. The Labute approximate surface area is 109 Å². The molecule has 1 unspecified atom stereocenters. The summed E-state index contributed by atoms with van der Waals surface area (Å²) in [6, 6.07) is 1.31. The van der Waals surface area contributed by atoms with Crippen molar-refractivity contribution in [3.8, 4) is 0 Å². The van der Waals surface area contributed by atoms with Gasteiger partial charge in [0.2, 0.25) is 11.8 Å². The molecule has 0 spiro atoms. The number of halogens is 1. The van der Waals surface area contributed by atoms with Gasteiger partial charge in [-0.2, -0.15) is 0 Å². The van der Waals surface area contributed by atoms with Crippen molar-refractivity contribution in [1.29, 1.82) is 0 Å². The van der Waals surface area contributed by atoms with Crippen molar-refractivity contribution in [3.63, 3.8) is 0 Å². The summed E-state index contributed by atoms with van der Waals surface area (Å²) in [7, 11) is 0. The number of pyridine rings is 1. The lowest BCUT2D eigenvalue weighted by molar-refractivity contribution is -0.124. The van der Waals surface area contributed by atoms with Crippen LogP contribution in [0.4, 0.5) is 5.69 Å². The van der Waals surface area contributed by atoms with E-state index in [9.17, 15) is 9.59 Å². The molecule has 0 bridgehead atoms. The fraction of sp³-hybridized carbons (Fsp3) is 0.364. The second kappa shape index (κ2) is 5.32. The molecular weight excluding hydrogens is 256 g/mol. The number of carbonyl (C=O) groups excluding carboxylic acids is 2. The maximum atomic E-state index is 11.9. The number of hydrogen-bond acceptors (Lipinski definition) is 4. The lowest BCUT2D eigenvalue weighted by Gasteiger charge is -2.23. The highest BCUT2D eigenvalue weighted by atomic mass is 35.5. The number of carbonyl (C=O) groups is 2. The van der Waals surface area contributed by atoms with Crippen molar-refractivity contribution in [1.82, 2.24) is 15.6 Å². The van der Waals surface area contributed by atoms with Crippen molar-refractivity contribution >= 4 is 29.1 Å². The first-order chi connectivity index (χ1) is 8.56. The smallest absolute Gasteiger partial charge is 0.243 e. The zero-order valence-electron chi connectivity index (χ0n) is 9.79. The summed E-state index contributed by atoms with van der Waals surface area (Å²) in [5, 5.41) is 8.60. The number of nitrogens with zero attached hydrogens (tertiary/aromatic N) is 1. The van der Waals surface area contributed by atoms with Crippen LogP contribution in [0.5, 0.6) is 0 Å². The fourth-order valence-corrected chi connectivity index (χ4v) is 1.71. The lowest BCUT2D eigenvalue weighted by Crippen LogP contribution is -2.56. The van der Waals surface area contributed by atoms with Gasteiger partial charge in [-0.1, -0.05) is 11.6 Å². The molecule has 0 saturated carbocycles. The van der Waals surface area contributed by atoms with Gasteiger partial charge in [0, 0.05) is 6.54 Å². The summed E-state index contributed by atoms with van der Waals surface area (Å²) in [6.07, 6.45) is 1.49. The zero-order chi connectivity index (χ0) is 13.1. The van der Waals surface area contributed by atoms with Gasteiger partial charge in [-0.3, -0.25) is 14.9 Å². The Morgan fingerprint density at radius 1 is 1.61 bits per heavy atom. The molecule has 1 aliphatic rings. The molecule has 1 atom stereocenters. The second-order valence-electron chi connectivity index (χ2n) is 4.06. The summed E-state index contributed by atoms with van der Waals surface area (Å²) in [5.41, 5.74) is 1.37. The maximum absolute atomic E-state index is 11.9. The molecule has 1 fully saturated rings. The molecule has 18 heavy (non-hydrogen) atoms. The quantitative estimate of drug-likeness (QED) is 0.663. The zero-order valence-corrected chi connectivity index (χ0v) is 10.5. The Balaban J connectivity index is 1.98. The maximum Gasteiger partial charge on any atom is 0.243 e. The number of amides is 2. The van der Waals surface area contributed by atoms with Crippen molar-refractivity contribution in [2.45, 2.75) is 13.0 Å². The predicted octanol–water partition coefficient (Wildman–Crippen LogP) is 0.0699. The average Bonchev–Trinajstić information content (AvgIpc) is 2.34. The van der Waals surface area contributed by atoms with Gasteiger partial charge in [0.15, 0.2) is 0 Å². The molecule has 0 aliphatic carbocycles. The minimum atomic E-state index is -0.432. The van der Waals surface area contributed by atoms with Gasteiger partial charge >= 0.3 is 0 Å². The molecule has 2 amide bonds. The van der Waals surface area contributed by atoms with E-state index in [2.05, 4.69) is 20.9 Å². The molecule has 0 aromatic carbocycles. The van der Waals surface area contributed by atoms with E-state index in [1.807, 2.05) is 6.92 Å². The van der Waals surface area contributed by atoms with Gasteiger partial charge in [-0.25, -0.2) is 4.98 Å². The Morgan fingerprint density at radius 3 is 3.00 bits per heavy atom. The fourth-order valence-electron chi connectivity index (χ4n) is 1.61. The molecule has 6 nitrogen and oxygen atoms in total. The number of piperazine rings is 1. The average molecular weight is 269 g/mol.